The van der Waals surface area contributed by atoms with Crippen LogP contribution in [-0.4, -0.2) is 27.2 Å². The second-order valence-corrected chi connectivity index (χ2v) is 5.46. The molecule has 0 aliphatic heterocycles. The molecular weight excluding hydrogens is 296 g/mol. The van der Waals surface area contributed by atoms with Gasteiger partial charge in [-0.3, -0.25) is 19.6 Å². The van der Waals surface area contributed by atoms with Crippen molar-refractivity contribution >= 4 is 11.6 Å². The van der Waals surface area contributed by atoms with Gasteiger partial charge < -0.3 is 5.32 Å². The second-order valence-electron chi connectivity index (χ2n) is 5.46. The van der Waals surface area contributed by atoms with Gasteiger partial charge in [-0.15, -0.1) is 0 Å². The third-order valence-electron chi connectivity index (χ3n) is 3.80. The molecule has 0 aliphatic rings. The highest BCUT2D eigenvalue weighted by atomic mass is 16.6. The third kappa shape index (κ3) is 3.94. The lowest BCUT2D eigenvalue weighted by molar-refractivity contribution is -0.386. The number of aromatic nitrogens is 2. The highest BCUT2D eigenvalue weighted by molar-refractivity contribution is 5.75. The summed E-state index contributed by atoms with van der Waals surface area (Å²) >= 11 is 0. The van der Waals surface area contributed by atoms with Gasteiger partial charge in [0.15, 0.2) is 0 Å². The predicted octanol–water partition coefficient (Wildman–Crippen LogP) is 2.08. The summed E-state index contributed by atoms with van der Waals surface area (Å²) in [5, 5.41) is 17.8. The lowest BCUT2D eigenvalue weighted by Gasteiger charge is -2.08. The van der Waals surface area contributed by atoms with Gasteiger partial charge in [-0.1, -0.05) is 24.3 Å². The summed E-state index contributed by atoms with van der Waals surface area (Å²) < 4.78 is 1.37. The van der Waals surface area contributed by atoms with Crippen molar-refractivity contribution in [3.05, 3.63) is 56.9 Å². The van der Waals surface area contributed by atoms with Crippen molar-refractivity contribution in [1.29, 1.82) is 0 Å². The van der Waals surface area contributed by atoms with Crippen LogP contribution in [-0.2, 0) is 17.8 Å². The molecule has 0 radical (unpaired) electrons. The molecule has 0 atom stereocenters. The Balaban J connectivity index is 1.92. The number of nitrogens with zero attached hydrogens (tertiary/aromatic N) is 3. The fraction of sp³-hybridized carbons (Fsp3) is 0.375. The van der Waals surface area contributed by atoms with E-state index in [1.807, 2.05) is 31.2 Å². The fourth-order valence-electron chi connectivity index (χ4n) is 2.52. The van der Waals surface area contributed by atoms with Crippen LogP contribution >= 0.6 is 0 Å². The topological polar surface area (TPSA) is 90.1 Å². The SMILES string of the molecule is Cc1ccccc1CCNC(=O)Cn1nc(C)c([N+](=O)[O-])c1C. The lowest BCUT2D eigenvalue weighted by atomic mass is 10.1. The Bertz CT molecular complexity index is 737. The number of carbonyl (C=O) groups excluding carboxylic acids is 1. The molecule has 1 amide bonds. The summed E-state index contributed by atoms with van der Waals surface area (Å²) in [4.78, 5) is 22.5. The number of nitrogens with one attached hydrogen (secondary N) is 1. The number of nitro groups is 1. The van der Waals surface area contributed by atoms with Crippen LogP contribution in [0.2, 0.25) is 0 Å². The number of carbonyl (C=O) groups is 1. The standard InChI is InChI=1S/C16H20N4O3/c1-11-6-4-5-7-14(11)8-9-17-15(21)10-19-13(3)16(20(22)23)12(2)18-19/h4-7H,8-10H2,1-3H3,(H,17,21). The molecular formula is C16H20N4O3. The zero-order valence-corrected chi connectivity index (χ0v) is 13.5. The summed E-state index contributed by atoms with van der Waals surface area (Å²) in [5.74, 6) is -0.209. The van der Waals surface area contributed by atoms with E-state index in [4.69, 9.17) is 0 Å². The molecule has 0 saturated carbocycles. The number of benzene rings is 1. The van der Waals surface area contributed by atoms with Crippen LogP contribution in [0.15, 0.2) is 24.3 Å². The van der Waals surface area contributed by atoms with E-state index in [1.165, 1.54) is 15.8 Å². The van der Waals surface area contributed by atoms with E-state index in [1.54, 1.807) is 13.8 Å². The molecule has 122 valence electrons. The van der Waals surface area contributed by atoms with Gasteiger partial charge in [-0.25, -0.2) is 0 Å². The molecule has 0 aliphatic carbocycles. The maximum atomic E-state index is 12.0. The van der Waals surface area contributed by atoms with Crippen molar-refractivity contribution in [2.24, 2.45) is 0 Å². The number of hydrogen-bond donors (Lipinski definition) is 1. The van der Waals surface area contributed by atoms with Crippen molar-refractivity contribution in [2.45, 2.75) is 33.7 Å². The van der Waals surface area contributed by atoms with Gasteiger partial charge in [0.25, 0.3) is 0 Å². The van der Waals surface area contributed by atoms with E-state index in [-0.39, 0.29) is 18.1 Å². The van der Waals surface area contributed by atoms with Crippen LogP contribution in [0.5, 0.6) is 0 Å². The van der Waals surface area contributed by atoms with Crippen LogP contribution in [0.1, 0.15) is 22.5 Å². The quantitative estimate of drug-likeness (QED) is 0.652. The summed E-state index contributed by atoms with van der Waals surface area (Å²) in [5.41, 5.74) is 3.06. The van der Waals surface area contributed by atoms with E-state index < -0.39 is 4.92 Å². The van der Waals surface area contributed by atoms with E-state index in [9.17, 15) is 14.9 Å². The zero-order chi connectivity index (χ0) is 17.0. The summed E-state index contributed by atoms with van der Waals surface area (Å²) in [7, 11) is 0. The maximum absolute atomic E-state index is 12.0. The molecule has 0 saturated heterocycles. The highest BCUT2D eigenvalue weighted by Crippen LogP contribution is 2.21. The van der Waals surface area contributed by atoms with Gasteiger partial charge >= 0.3 is 5.69 Å². The van der Waals surface area contributed by atoms with E-state index >= 15 is 0 Å². The molecule has 7 heteroatoms. The molecule has 0 unspecified atom stereocenters. The molecule has 0 spiro atoms. The van der Waals surface area contributed by atoms with Gasteiger partial charge in [0, 0.05) is 6.54 Å². The minimum absolute atomic E-state index is 0.0196. The van der Waals surface area contributed by atoms with E-state index in [0.717, 1.165) is 6.42 Å². The second kappa shape index (κ2) is 7.04. The normalized spacial score (nSPS) is 10.6. The molecule has 1 aromatic heterocycles. The van der Waals surface area contributed by atoms with Gasteiger partial charge in [0.05, 0.1) is 4.92 Å². The molecule has 1 heterocycles. The van der Waals surface area contributed by atoms with Gasteiger partial charge in [0.1, 0.15) is 17.9 Å². The largest absolute Gasteiger partial charge is 0.354 e. The Morgan fingerprint density at radius 2 is 2.00 bits per heavy atom. The van der Waals surface area contributed by atoms with Crippen molar-refractivity contribution in [2.75, 3.05) is 6.54 Å². The number of aryl methyl sites for hydroxylation is 2. The van der Waals surface area contributed by atoms with Crippen molar-refractivity contribution in [3.63, 3.8) is 0 Å². The zero-order valence-electron chi connectivity index (χ0n) is 13.5. The molecule has 7 nitrogen and oxygen atoms in total. The number of hydrogen-bond acceptors (Lipinski definition) is 4. The van der Waals surface area contributed by atoms with Crippen LogP contribution in [0.3, 0.4) is 0 Å². The van der Waals surface area contributed by atoms with Gasteiger partial charge in [-0.2, -0.15) is 5.10 Å². The Kier molecular flexibility index (Phi) is 5.10. The first kappa shape index (κ1) is 16.7. The van der Waals surface area contributed by atoms with Crippen molar-refractivity contribution in [1.82, 2.24) is 15.1 Å². The highest BCUT2D eigenvalue weighted by Gasteiger charge is 2.22. The smallest absolute Gasteiger partial charge is 0.312 e. The fourth-order valence-corrected chi connectivity index (χ4v) is 2.52. The Morgan fingerprint density at radius 1 is 1.30 bits per heavy atom. The number of amides is 1. The molecule has 1 N–H and O–H groups in total. The van der Waals surface area contributed by atoms with Crippen LogP contribution in [0, 0.1) is 30.9 Å². The summed E-state index contributed by atoms with van der Waals surface area (Å²) in [6.07, 6.45) is 0.746. The molecule has 23 heavy (non-hydrogen) atoms. The lowest BCUT2D eigenvalue weighted by Crippen LogP contribution is -2.30. The minimum atomic E-state index is -0.468. The van der Waals surface area contributed by atoms with Crippen LogP contribution < -0.4 is 5.32 Å². The average molecular weight is 316 g/mol. The Labute approximate surface area is 134 Å². The van der Waals surface area contributed by atoms with E-state index in [2.05, 4.69) is 10.4 Å². The third-order valence-corrected chi connectivity index (χ3v) is 3.80. The monoisotopic (exact) mass is 316 g/mol. The minimum Gasteiger partial charge on any atom is -0.354 e. The molecule has 0 fully saturated rings. The molecule has 1 aromatic carbocycles. The van der Waals surface area contributed by atoms with Crippen molar-refractivity contribution in [3.8, 4) is 0 Å². The molecule has 2 rings (SSSR count). The first-order valence-electron chi connectivity index (χ1n) is 7.39. The summed E-state index contributed by atoms with van der Waals surface area (Å²) in [6, 6.07) is 8.02. The molecule has 2 aromatic rings. The first-order valence-corrected chi connectivity index (χ1v) is 7.39. The summed E-state index contributed by atoms with van der Waals surface area (Å²) in [6.45, 7) is 5.70. The van der Waals surface area contributed by atoms with Gasteiger partial charge in [0.2, 0.25) is 5.91 Å². The Hall–Kier alpha value is -2.70. The van der Waals surface area contributed by atoms with Crippen LogP contribution in [0.4, 0.5) is 5.69 Å². The van der Waals surface area contributed by atoms with Crippen molar-refractivity contribution < 1.29 is 9.72 Å². The van der Waals surface area contributed by atoms with Gasteiger partial charge in [-0.05, 0) is 38.3 Å². The van der Waals surface area contributed by atoms with E-state index in [0.29, 0.717) is 17.9 Å². The number of rotatable bonds is 6. The maximum Gasteiger partial charge on any atom is 0.312 e. The average Bonchev–Trinajstić information content (AvgIpc) is 2.75. The van der Waals surface area contributed by atoms with Crippen LogP contribution in [0.25, 0.3) is 0 Å². The molecule has 0 bridgehead atoms. The predicted molar refractivity (Wildman–Crippen MR) is 86.2 cm³/mol. The Morgan fingerprint density at radius 3 is 2.61 bits per heavy atom. The first-order chi connectivity index (χ1) is 10.9.